The molecule has 11 N–H and O–H groups in total. The number of nitrogens with one attached hydrogen (secondary N) is 2. The Bertz CT molecular complexity index is 1920. The van der Waals surface area contributed by atoms with Gasteiger partial charge in [-0.2, -0.15) is 4.31 Å². The van der Waals surface area contributed by atoms with Crippen molar-refractivity contribution in [2.45, 2.75) is 55.2 Å². The van der Waals surface area contributed by atoms with Gasteiger partial charge in [-0.3, -0.25) is 28.2 Å². The zero-order valence-electron chi connectivity index (χ0n) is 26.1. The van der Waals surface area contributed by atoms with E-state index in [1.54, 1.807) is 0 Å². The van der Waals surface area contributed by atoms with Crippen LogP contribution in [0.15, 0.2) is 45.2 Å². The molecule has 52 heavy (non-hydrogen) atoms. The molecule has 11 atom stereocenters. The van der Waals surface area contributed by atoms with E-state index in [2.05, 4.69) is 28.7 Å². The van der Waals surface area contributed by atoms with Crippen LogP contribution in [0.1, 0.15) is 22.1 Å². The Kier molecular flexibility index (Phi) is 13.3. The smallest absolute Gasteiger partial charge is 0.483 e. The van der Waals surface area contributed by atoms with Gasteiger partial charge >= 0.3 is 21.3 Å². The number of azide groups is 1. The highest BCUT2D eigenvalue weighted by molar-refractivity contribution is 7.61. The van der Waals surface area contributed by atoms with Crippen LogP contribution in [0.4, 0.5) is 5.69 Å². The predicted octanol–water partition coefficient (Wildman–Crippen LogP) is -2.70. The number of H-pyrrole nitrogens is 1. The molecule has 0 bridgehead atoms. The number of hydrogen-bond acceptors (Lipinski definition) is 18. The van der Waals surface area contributed by atoms with Gasteiger partial charge in [-0.05, 0) is 17.7 Å². The summed E-state index contributed by atoms with van der Waals surface area (Å²) in [7, 11) is -11.3. The first kappa shape index (κ1) is 40.9. The largest absolute Gasteiger partial charge is 0.507 e. The van der Waals surface area contributed by atoms with Gasteiger partial charge in [0.1, 0.15) is 48.5 Å². The molecular weight excluding hydrogens is 750 g/mol. The minimum absolute atomic E-state index is 0.0623. The number of nitrogens with zero attached hydrogens (tertiary/aromatic N) is 4. The number of benzene rings is 1. The fraction of sp³-hybridized carbons (Fsp3) is 0.480. The number of phosphoric acid groups is 2. The number of aromatic hydroxyl groups is 1. The van der Waals surface area contributed by atoms with Gasteiger partial charge in [0.25, 0.3) is 11.5 Å². The topological polar surface area (TPSA) is 395 Å². The predicted molar refractivity (Wildman–Crippen MR) is 167 cm³/mol. The molecule has 0 aliphatic carbocycles. The fourth-order valence-corrected chi connectivity index (χ4v) is 6.95. The summed E-state index contributed by atoms with van der Waals surface area (Å²) < 4.78 is 48.9. The number of rotatable bonds is 14. The standard InChI is InChI=1S/C25H32N6O19P2/c26-30-29-11-3-4-12(13(33)6-11)22(40)27-5-1-2-10-7-31(25(41)28-21(10)39)23-19(37)17(35)15(47-23)9-46-51(42,43)50-52(44,45)49-24-20(38)18(36)16(34)14(8-32)48-24/h1-4,6-7,14-20,23-24,32-38H,5,8-9H2,(H,27,40)(H,42,43)(H,44,45)(H,28,39,41)/b2-1+/t14-,15-,16-,17-,18+,19-,20-,23-,24-/m1/s1. The molecule has 1 aromatic carbocycles. The molecule has 0 saturated carbocycles. The molecule has 3 heterocycles. The number of hydrogen-bond donors (Lipinski definition) is 11. The average molecular weight is 783 g/mol. The van der Waals surface area contributed by atoms with Gasteiger partial charge in [-0.25, -0.2) is 13.9 Å². The van der Waals surface area contributed by atoms with Crippen LogP contribution in [0, 0.1) is 0 Å². The number of aliphatic hydroxyl groups is 6. The van der Waals surface area contributed by atoms with Crippen molar-refractivity contribution in [2.24, 2.45) is 5.11 Å². The highest BCUT2D eigenvalue weighted by Gasteiger charge is 2.49. The number of phenols is 1. The van der Waals surface area contributed by atoms with Gasteiger partial charge in [0, 0.05) is 23.3 Å². The third-order valence-electron chi connectivity index (χ3n) is 7.36. The Labute approximate surface area is 289 Å². The number of phenolic OH excluding ortho intramolecular Hbond substituents is 1. The minimum Gasteiger partial charge on any atom is -0.507 e. The Morgan fingerprint density at radius 1 is 1.04 bits per heavy atom. The molecule has 2 aliphatic rings. The second-order valence-corrected chi connectivity index (χ2v) is 13.9. The second-order valence-electron chi connectivity index (χ2n) is 10.9. The number of phosphoric ester groups is 2. The number of aliphatic hydroxyl groups excluding tert-OH is 6. The fourth-order valence-electron chi connectivity index (χ4n) is 4.79. The maximum Gasteiger partial charge on any atom is 0.483 e. The van der Waals surface area contributed by atoms with E-state index >= 15 is 0 Å². The van der Waals surface area contributed by atoms with Crippen LogP contribution in [0.3, 0.4) is 0 Å². The molecule has 2 unspecified atom stereocenters. The SMILES string of the molecule is [N-]=[N+]=Nc1ccc(C(=O)NC/C=C/c2cn([C@@H]3O[C@H](COP(=O)(O)OP(=O)(O)O[C@H]4O[C@H](CO)[C@@H](O)[C@H](O)[C@H]4O)[C@@H](O)[C@H]3O)c(=O)[nH]c2=O)c(O)c1. The van der Waals surface area contributed by atoms with E-state index in [4.69, 9.17) is 15.0 Å². The van der Waals surface area contributed by atoms with E-state index in [1.807, 2.05) is 4.98 Å². The molecule has 1 aromatic heterocycles. The van der Waals surface area contributed by atoms with Gasteiger partial charge in [0.05, 0.1) is 24.3 Å². The van der Waals surface area contributed by atoms with Crippen LogP contribution >= 0.6 is 15.6 Å². The van der Waals surface area contributed by atoms with Crippen molar-refractivity contribution in [3.63, 3.8) is 0 Å². The van der Waals surface area contributed by atoms with Gasteiger partial charge in [-0.1, -0.05) is 23.3 Å². The highest BCUT2D eigenvalue weighted by atomic mass is 31.3. The number of amides is 1. The lowest BCUT2D eigenvalue weighted by Crippen LogP contribution is -2.58. The molecule has 2 saturated heterocycles. The summed E-state index contributed by atoms with van der Waals surface area (Å²) in [6.07, 6.45) is -13.9. The van der Waals surface area contributed by atoms with E-state index in [0.717, 1.165) is 18.3 Å². The normalized spacial score (nSPS) is 30.0. The summed E-state index contributed by atoms with van der Waals surface area (Å²) in [5, 5.41) is 75.5. The maximum absolute atomic E-state index is 12.6. The Balaban J connectivity index is 1.37. The average Bonchev–Trinajstić information content (AvgIpc) is 3.35. The van der Waals surface area contributed by atoms with Crippen LogP contribution in [-0.2, 0) is 32.0 Å². The molecule has 0 radical (unpaired) electrons. The molecule has 1 amide bonds. The number of ether oxygens (including phenoxy) is 2. The summed E-state index contributed by atoms with van der Waals surface area (Å²) in [6, 6.07) is 3.56. The first-order valence-electron chi connectivity index (χ1n) is 14.6. The maximum atomic E-state index is 12.6. The van der Waals surface area contributed by atoms with E-state index < -0.39 is 107 Å². The molecule has 286 valence electrons. The van der Waals surface area contributed by atoms with Crippen molar-refractivity contribution in [1.82, 2.24) is 14.9 Å². The zero-order chi connectivity index (χ0) is 38.5. The van der Waals surface area contributed by atoms with Crippen LogP contribution in [0.25, 0.3) is 16.5 Å². The number of carbonyl (C=O) groups is 1. The first-order valence-corrected chi connectivity index (χ1v) is 17.6. The Hall–Kier alpha value is -3.84. The molecule has 25 nitrogen and oxygen atoms in total. The van der Waals surface area contributed by atoms with Gasteiger partial charge < -0.3 is 60.3 Å². The summed E-state index contributed by atoms with van der Waals surface area (Å²) >= 11 is 0. The van der Waals surface area contributed by atoms with Crippen molar-refractivity contribution >= 4 is 33.3 Å². The molecular formula is C25H32N6O19P2. The molecule has 2 aromatic rings. The lowest BCUT2D eigenvalue weighted by Gasteiger charge is -2.39. The molecule has 27 heteroatoms. The molecule has 0 spiro atoms. The highest BCUT2D eigenvalue weighted by Crippen LogP contribution is 2.61. The summed E-state index contributed by atoms with van der Waals surface area (Å²) in [5.74, 6) is -1.21. The monoisotopic (exact) mass is 782 g/mol. The van der Waals surface area contributed by atoms with Gasteiger partial charge in [0.15, 0.2) is 12.5 Å². The van der Waals surface area contributed by atoms with E-state index in [9.17, 15) is 69.0 Å². The summed E-state index contributed by atoms with van der Waals surface area (Å²) in [6.45, 7) is -2.26. The number of aromatic amines is 1. The van der Waals surface area contributed by atoms with Crippen molar-refractivity contribution in [3.05, 3.63) is 72.9 Å². The van der Waals surface area contributed by atoms with E-state index in [-0.39, 0.29) is 23.4 Å². The summed E-state index contributed by atoms with van der Waals surface area (Å²) in [4.78, 5) is 61.8. The lowest BCUT2D eigenvalue weighted by molar-refractivity contribution is -0.280. The molecule has 2 fully saturated rings. The molecule has 4 rings (SSSR count). The Morgan fingerprint density at radius 2 is 1.73 bits per heavy atom. The van der Waals surface area contributed by atoms with Crippen LogP contribution in [0.5, 0.6) is 5.75 Å². The molecule has 2 aliphatic heterocycles. The zero-order valence-corrected chi connectivity index (χ0v) is 27.9. The Morgan fingerprint density at radius 3 is 2.38 bits per heavy atom. The second kappa shape index (κ2) is 16.9. The van der Waals surface area contributed by atoms with Gasteiger partial charge in [-0.15, -0.1) is 0 Å². The third-order valence-corrected chi connectivity index (χ3v) is 9.97. The van der Waals surface area contributed by atoms with E-state index in [0.29, 0.717) is 4.57 Å². The number of carbonyl (C=O) groups excluding carboxylic acids is 1. The van der Waals surface area contributed by atoms with Crippen molar-refractivity contribution in [3.8, 4) is 5.75 Å². The minimum atomic E-state index is -5.69. The first-order chi connectivity index (χ1) is 24.4. The van der Waals surface area contributed by atoms with Crippen LogP contribution in [-0.4, -0.2) is 130 Å². The van der Waals surface area contributed by atoms with Gasteiger partial charge in [0.2, 0.25) is 0 Å². The summed E-state index contributed by atoms with van der Waals surface area (Å²) in [5.41, 5.74) is 6.12. The third kappa shape index (κ3) is 9.77. The van der Waals surface area contributed by atoms with Crippen molar-refractivity contribution < 1.29 is 82.3 Å². The van der Waals surface area contributed by atoms with E-state index in [1.165, 1.54) is 18.2 Å². The van der Waals surface area contributed by atoms with Crippen LogP contribution in [0.2, 0.25) is 0 Å². The van der Waals surface area contributed by atoms with Crippen molar-refractivity contribution in [2.75, 3.05) is 19.8 Å². The lowest BCUT2D eigenvalue weighted by atomic mass is 10.00. The quantitative estimate of drug-likeness (QED) is 0.0402. The van der Waals surface area contributed by atoms with Crippen molar-refractivity contribution in [1.29, 1.82) is 0 Å². The van der Waals surface area contributed by atoms with Crippen LogP contribution < -0.4 is 16.6 Å². The number of aromatic nitrogens is 2.